The van der Waals surface area contributed by atoms with Gasteiger partial charge in [0, 0.05) is 16.6 Å². The molecular formula is C14H13BrFNO. The summed E-state index contributed by atoms with van der Waals surface area (Å²) >= 11 is 3.37. The van der Waals surface area contributed by atoms with Crippen LogP contribution in [-0.2, 0) is 6.54 Å². The number of para-hydroxylation sites is 1. The van der Waals surface area contributed by atoms with Crippen molar-refractivity contribution < 1.29 is 9.13 Å². The Hall–Kier alpha value is -1.39. The molecule has 0 heterocycles. The zero-order valence-electron chi connectivity index (χ0n) is 9.91. The van der Waals surface area contributed by atoms with E-state index in [-0.39, 0.29) is 12.3 Å². The molecule has 94 valence electrons. The van der Waals surface area contributed by atoms with Crippen LogP contribution in [0.5, 0.6) is 11.5 Å². The summed E-state index contributed by atoms with van der Waals surface area (Å²) in [5, 5.41) is 0. The van der Waals surface area contributed by atoms with Crippen LogP contribution in [0.15, 0.2) is 40.9 Å². The highest BCUT2D eigenvalue weighted by atomic mass is 79.9. The number of nitrogens with two attached hydrogens (primary N) is 1. The molecule has 2 rings (SSSR count). The van der Waals surface area contributed by atoms with Crippen molar-refractivity contribution >= 4 is 15.9 Å². The summed E-state index contributed by atoms with van der Waals surface area (Å²) in [6, 6.07) is 10.4. The minimum absolute atomic E-state index is 0.196. The minimum Gasteiger partial charge on any atom is -0.454 e. The van der Waals surface area contributed by atoms with E-state index in [1.54, 1.807) is 12.1 Å². The summed E-state index contributed by atoms with van der Waals surface area (Å²) in [4.78, 5) is 0. The number of rotatable bonds is 3. The Morgan fingerprint density at radius 2 is 2.06 bits per heavy atom. The number of hydrogen-bond acceptors (Lipinski definition) is 2. The normalized spacial score (nSPS) is 10.4. The molecule has 0 atom stereocenters. The van der Waals surface area contributed by atoms with E-state index in [0.717, 1.165) is 10.0 Å². The first-order valence-electron chi connectivity index (χ1n) is 5.53. The van der Waals surface area contributed by atoms with Gasteiger partial charge >= 0.3 is 0 Å². The molecule has 0 aliphatic rings. The molecule has 0 fully saturated rings. The van der Waals surface area contributed by atoms with E-state index in [2.05, 4.69) is 15.9 Å². The Kier molecular flexibility index (Phi) is 3.99. The van der Waals surface area contributed by atoms with Crippen LogP contribution in [0.2, 0.25) is 0 Å². The van der Waals surface area contributed by atoms with Crippen LogP contribution in [-0.4, -0.2) is 0 Å². The third-order valence-electron chi connectivity index (χ3n) is 2.63. The largest absolute Gasteiger partial charge is 0.454 e. The molecule has 4 heteroatoms. The molecule has 0 unspecified atom stereocenters. The fourth-order valence-electron chi connectivity index (χ4n) is 1.62. The Morgan fingerprint density at radius 3 is 2.78 bits per heavy atom. The van der Waals surface area contributed by atoms with Crippen LogP contribution < -0.4 is 10.5 Å². The number of benzene rings is 2. The third kappa shape index (κ3) is 2.71. The zero-order chi connectivity index (χ0) is 13.1. The average molecular weight is 310 g/mol. The zero-order valence-corrected chi connectivity index (χ0v) is 11.5. The first-order valence-corrected chi connectivity index (χ1v) is 6.32. The van der Waals surface area contributed by atoms with E-state index in [4.69, 9.17) is 10.5 Å². The predicted molar refractivity (Wildman–Crippen MR) is 73.2 cm³/mol. The average Bonchev–Trinajstić information content (AvgIpc) is 2.36. The maximum absolute atomic E-state index is 13.8. The molecule has 2 N–H and O–H groups in total. The Bertz CT molecular complexity index is 572. The molecule has 0 saturated carbocycles. The quantitative estimate of drug-likeness (QED) is 0.924. The van der Waals surface area contributed by atoms with E-state index in [0.29, 0.717) is 11.3 Å². The summed E-state index contributed by atoms with van der Waals surface area (Å²) in [6.45, 7) is 2.14. The van der Waals surface area contributed by atoms with Crippen molar-refractivity contribution in [1.29, 1.82) is 0 Å². The highest BCUT2D eigenvalue weighted by Gasteiger charge is 2.11. The van der Waals surface area contributed by atoms with Gasteiger partial charge in [-0.15, -0.1) is 0 Å². The number of hydrogen-bond donors (Lipinski definition) is 1. The molecule has 0 amide bonds. The van der Waals surface area contributed by atoms with Crippen LogP contribution in [0.1, 0.15) is 11.1 Å². The molecule has 0 spiro atoms. The topological polar surface area (TPSA) is 35.2 Å². The number of aryl methyl sites for hydroxylation is 1. The molecule has 2 nitrogen and oxygen atoms in total. The third-order valence-corrected chi connectivity index (χ3v) is 3.12. The van der Waals surface area contributed by atoms with E-state index in [9.17, 15) is 4.39 Å². The van der Waals surface area contributed by atoms with E-state index in [1.165, 1.54) is 6.07 Å². The van der Waals surface area contributed by atoms with Gasteiger partial charge < -0.3 is 10.5 Å². The number of ether oxygens (including phenoxy) is 1. The van der Waals surface area contributed by atoms with Gasteiger partial charge in [-0.1, -0.05) is 34.1 Å². The molecule has 2 aromatic rings. The van der Waals surface area contributed by atoms with Crippen molar-refractivity contribution in [3.63, 3.8) is 0 Å². The van der Waals surface area contributed by atoms with Gasteiger partial charge in [0.1, 0.15) is 5.75 Å². The first kappa shape index (κ1) is 13.1. The molecule has 0 bridgehead atoms. The van der Waals surface area contributed by atoms with Gasteiger partial charge in [-0.3, -0.25) is 0 Å². The SMILES string of the molecule is Cc1ccc(Br)cc1Oc1c(F)cccc1CN. The lowest BCUT2D eigenvalue weighted by Gasteiger charge is -2.13. The minimum atomic E-state index is -0.405. The lowest BCUT2D eigenvalue weighted by atomic mass is 10.2. The van der Waals surface area contributed by atoms with Crippen LogP contribution >= 0.6 is 15.9 Å². The van der Waals surface area contributed by atoms with Gasteiger partial charge in [0.25, 0.3) is 0 Å². The van der Waals surface area contributed by atoms with E-state index < -0.39 is 5.82 Å². The first-order chi connectivity index (χ1) is 8.61. The predicted octanol–water partition coefficient (Wildman–Crippen LogP) is 4.15. The van der Waals surface area contributed by atoms with Crippen molar-refractivity contribution in [2.75, 3.05) is 0 Å². The van der Waals surface area contributed by atoms with Crippen LogP contribution in [0.4, 0.5) is 4.39 Å². The lowest BCUT2D eigenvalue weighted by molar-refractivity contribution is 0.433. The van der Waals surface area contributed by atoms with Gasteiger partial charge in [0.15, 0.2) is 11.6 Å². The van der Waals surface area contributed by atoms with E-state index >= 15 is 0 Å². The maximum Gasteiger partial charge on any atom is 0.167 e. The molecule has 2 aromatic carbocycles. The molecule has 0 aliphatic carbocycles. The lowest BCUT2D eigenvalue weighted by Crippen LogP contribution is -2.01. The summed E-state index contributed by atoms with van der Waals surface area (Å²) in [5.41, 5.74) is 7.17. The van der Waals surface area contributed by atoms with Crippen molar-refractivity contribution in [2.24, 2.45) is 5.73 Å². The number of halogens is 2. The highest BCUT2D eigenvalue weighted by Crippen LogP contribution is 2.31. The van der Waals surface area contributed by atoms with E-state index in [1.807, 2.05) is 25.1 Å². The Morgan fingerprint density at radius 1 is 1.28 bits per heavy atom. The molecular weight excluding hydrogens is 297 g/mol. The van der Waals surface area contributed by atoms with Crippen molar-refractivity contribution in [1.82, 2.24) is 0 Å². The Balaban J connectivity index is 2.42. The van der Waals surface area contributed by atoms with Gasteiger partial charge in [0.05, 0.1) is 0 Å². The van der Waals surface area contributed by atoms with Gasteiger partial charge in [0.2, 0.25) is 0 Å². The second-order valence-electron chi connectivity index (χ2n) is 3.94. The molecule has 18 heavy (non-hydrogen) atoms. The Labute approximate surface area is 114 Å². The maximum atomic E-state index is 13.8. The van der Waals surface area contributed by atoms with Crippen LogP contribution in [0.25, 0.3) is 0 Å². The summed E-state index contributed by atoms with van der Waals surface area (Å²) in [6.07, 6.45) is 0. The van der Waals surface area contributed by atoms with Crippen molar-refractivity contribution in [3.8, 4) is 11.5 Å². The molecule has 0 radical (unpaired) electrons. The highest BCUT2D eigenvalue weighted by molar-refractivity contribution is 9.10. The van der Waals surface area contributed by atoms with Gasteiger partial charge in [-0.2, -0.15) is 0 Å². The molecule has 0 aromatic heterocycles. The van der Waals surface area contributed by atoms with Gasteiger partial charge in [-0.25, -0.2) is 4.39 Å². The standard InChI is InChI=1S/C14H13BrFNO/c1-9-5-6-11(15)7-13(9)18-14-10(8-17)3-2-4-12(14)16/h2-7H,8,17H2,1H3. The van der Waals surface area contributed by atoms with Crippen LogP contribution in [0, 0.1) is 12.7 Å². The fourth-order valence-corrected chi connectivity index (χ4v) is 1.96. The van der Waals surface area contributed by atoms with Crippen LogP contribution in [0.3, 0.4) is 0 Å². The summed E-state index contributed by atoms with van der Waals surface area (Å²) in [5.74, 6) is 0.405. The molecule has 0 saturated heterocycles. The van der Waals surface area contributed by atoms with Crippen molar-refractivity contribution in [3.05, 3.63) is 57.8 Å². The second kappa shape index (κ2) is 5.50. The molecule has 0 aliphatic heterocycles. The second-order valence-corrected chi connectivity index (χ2v) is 4.86. The summed E-state index contributed by atoms with van der Waals surface area (Å²) in [7, 11) is 0. The fraction of sp³-hybridized carbons (Fsp3) is 0.143. The smallest absolute Gasteiger partial charge is 0.167 e. The van der Waals surface area contributed by atoms with Gasteiger partial charge in [-0.05, 0) is 30.7 Å². The monoisotopic (exact) mass is 309 g/mol. The van der Waals surface area contributed by atoms with Crippen molar-refractivity contribution in [2.45, 2.75) is 13.5 Å². The summed E-state index contributed by atoms with van der Waals surface area (Å²) < 4.78 is 20.3.